The molecule has 0 bridgehead atoms. The highest BCUT2D eigenvalue weighted by Gasteiger charge is 2.35. The third-order valence-electron chi connectivity index (χ3n) is 4.25. The molecule has 0 aromatic heterocycles. The zero-order valence-electron chi connectivity index (χ0n) is 13.0. The van der Waals surface area contributed by atoms with Crippen LogP contribution in [0.15, 0.2) is 48.5 Å². The molecule has 1 aliphatic rings. The predicted octanol–water partition coefficient (Wildman–Crippen LogP) is 4.91. The summed E-state index contributed by atoms with van der Waals surface area (Å²) in [6, 6.07) is 12.5. The van der Waals surface area contributed by atoms with Crippen LogP contribution in [0.1, 0.15) is 34.7 Å². The summed E-state index contributed by atoms with van der Waals surface area (Å²) in [4.78, 5) is 12.4. The van der Waals surface area contributed by atoms with Crippen molar-refractivity contribution in [3.63, 3.8) is 0 Å². The Labute approximate surface area is 147 Å². The number of alkyl halides is 3. The van der Waals surface area contributed by atoms with E-state index >= 15 is 0 Å². The molecule has 132 valence electrons. The standard InChI is InChI=1S/C18H15ClF3NO2/c19-12-7-5-11(6-8-12)13-9-10-15(13)23-17(24)14-3-1-2-4-16(14)25-18(20,21)22/h1-8,13,15H,9-10H2,(H,23,24). The van der Waals surface area contributed by atoms with E-state index in [-0.39, 0.29) is 17.5 Å². The number of hydrogen-bond donors (Lipinski definition) is 1. The van der Waals surface area contributed by atoms with Crippen molar-refractivity contribution in [3.8, 4) is 5.75 Å². The van der Waals surface area contributed by atoms with Crippen molar-refractivity contribution in [1.29, 1.82) is 0 Å². The van der Waals surface area contributed by atoms with Gasteiger partial charge in [-0.2, -0.15) is 0 Å². The molecule has 2 aromatic rings. The highest BCUT2D eigenvalue weighted by Crippen LogP contribution is 2.38. The lowest BCUT2D eigenvalue weighted by Gasteiger charge is -2.37. The van der Waals surface area contributed by atoms with E-state index in [9.17, 15) is 18.0 Å². The van der Waals surface area contributed by atoms with Gasteiger partial charge in [-0.3, -0.25) is 4.79 Å². The zero-order chi connectivity index (χ0) is 18.0. The summed E-state index contributed by atoms with van der Waals surface area (Å²) >= 11 is 5.87. The van der Waals surface area contributed by atoms with Crippen molar-refractivity contribution in [3.05, 3.63) is 64.7 Å². The van der Waals surface area contributed by atoms with Gasteiger partial charge in [0.25, 0.3) is 5.91 Å². The summed E-state index contributed by atoms with van der Waals surface area (Å²) in [6.45, 7) is 0. The first-order valence-electron chi connectivity index (χ1n) is 7.74. The largest absolute Gasteiger partial charge is 0.573 e. The molecule has 0 aliphatic heterocycles. The van der Waals surface area contributed by atoms with Gasteiger partial charge in [0, 0.05) is 17.0 Å². The van der Waals surface area contributed by atoms with Crippen LogP contribution in [0.2, 0.25) is 5.02 Å². The molecule has 0 radical (unpaired) electrons. The van der Waals surface area contributed by atoms with Crippen molar-refractivity contribution in [1.82, 2.24) is 5.32 Å². The minimum absolute atomic E-state index is 0.122. The molecule has 3 nitrogen and oxygen atoms in total. The Morgan fingerprint density at radius 1 is 1.08 bits per heavy atom. The van der Waals surface area contributed by atoms with Gasteiger partial charge in [0.1, 0.15) is 5.75 Å². The van der Waals surface area contributed by atoms with Gasteiger partial charge in [-0.05, 0) is 42.7 Å². The molecule has 0 saturated heterocycles. The van der Waals surface area contributed by atoms with Crippen LogP contribution in [0.25, 0.3) is 0 Å². The van der Waals surface area contributed by atoms with E-state index in [1.165, 1.54) is 18.2 Å². The number of para-hydroxylation sites is 1. The second-order valence-corrected chi connectivity index (χ2v) is 6.30. The minimum Gasteiger partial charge on any atom is -0.405 e. The molecular formula is C18H15ClF3NO2. The third-order valence-corrected chi connectivity index (χ3v) is 4.50. The summed E-state index contributed by atoms with van der Waals surface area (Å²) in [5.41, 5.74) is 0.905. The van der Waals surface area contributed by atoms with E-state index in [0.717, 1.165) is 24.5 Å². The maximum Gasteiger partial charge on any atom is 0.573 e. The number of nitrogens with one attached hydrogen (secondary N) is 1. The summed E-state index contributed by atoms with van der Waals surface area (Å²) in [5.74, 6) is -0.963. The Morgan fingerprint density at radius 2 is 1.76 bits per heavy atom. The van der Waals surface area contributed by atoms with E-state index in [4.69, 9.17) is 11.6 Å². The molecule has 7 heteroatoms. The second-order valence-electron chi connectivity index (χ2n) is 5.86. The van der Waals surface area contributed by atoms with Gasteiger partial charge in [-0.25, -0.2) is 0 Å². The number of amides is 1. The molecule has 2 unspecified atom stereocenters. The van der Waals surface area contributed by atoms with Crippen molar-refractivity contribution < 1.29 is 22.7 Å². The molecular weight excluding hydrogens is 355 g/mol. The van der Waals surface area contributed by atoms with E-state index in [2.05, 4.69) is 10.1 Å². The topological polar surface area (TPSA) is 38.3 Å². The quantitative estimate of drug-likeness (QED) is 0.831. The first-order valence-corrected chi connectivity index (χ1v) is 8.12. The molecule has 0 spiro atoms. The van der Waals surface area contributed by atoms with Crippen LogP contribution in [0.3, 0.4) is 0 Å². The summed E-state index contributed by atoms with van der Waals surface area (Å²) in [6.07, 6.45) is -3.19. The highest BCUT2D eigenvalue weighted by atomic mass is 35.5. The monoisotopic (exact) mass is 369 g/mol. The highest BCUT2D eigenvalue weighted by molar-refractivity contribution is 6.30. The lowest BCUT2D eigenvalue weighted by Crippen LogP contribution is -2.45. The lowest BCUT2D eigenvalue weighted by molar-refractivity contribution is -0.274. The maximum absolute atomic E-state index is 12.5. The van der Waals surface area contributed by atoms with Crippen LogP contribution in [-0.4, -0.2) is 18.3 Å². The molecule has 25 heavy (non-hydrogen) atoms. The van der Waals surface area contributed by atoms with Gasteiger partial charge in [-0.1, -0.05) is 35.9 Å². The van der Waals surface area contributed by atoms with Crippen LogP contribution in [0, 0.1) is 0 Å². The SMILES string of the molecule is O=C(NC1CCC1c1ccc(Cl)cc1)c1ccccc1OC(F)(F)F. The maximum atomic E-state index is 12.5. The van der Waals surface area contributed by atoms with E-state index < -0.39 is 18.0 Å². The molecule has 1 N–H and O–H groups in total. The van der Waals surface area contributed by atoms with Gasteiger partial charge < -0.3 is 10.1 Å². The van der Waals surface area contributed by atoms with Gasteiger partial charge >= 0.3 is 6.36 Å². The fourth-order valence-electron chi connectivity index (χ4n) is 2.90. The van der Waals surface area contributed by atoms with Gasteiger partial charge in [0.05, 0.1) is 5.56 Å². The fraction of sp³-hybridized carbons (Fsp3) is 0.278. The smallest absolute Gasteiger partial charge is 0.405 e. The van der Waals surface area contributed by atoms with Gasteiger partial charge in [0.15, 0.2) is 0 Å². The number of halogens is 4. The second kappa shape index (κ2) is 6.96. The lowest BCUT2D eigenvalue weighted by atomic mass is 9.75. The Bertz CT molecular complexity index is 762. The number of ether oxygens (including phenoxy) is 1. The van der Waals surface area contributed by atoms with Crippen LogP contribution >= 0.6 is 11.6 Å². The van der Waals surface area contributed by atoms with Crippen LogP contribution in [-0.2, 0) is 0 Å². The molecule has 2 aromatic carbocycles. The Balaban J connectivity index is 1.71. The van der Waals surface area contributed by atoms with Crippen LogP contribution < -0.4 is 10.1 Å². The number of carbonyl (C=O) groups is 1. The summed E-state index contributed by atoms with van der Waals surface area (Å²) in [7, 11) is 0. The third kappa shape index (κ3) is 4.25. The number of carbonyl (C=O) groups excluding carboxylic acids is 1. The minimum atomic E-state index is -4.85. The van der Waals surface area contributed by atoms with Crippen molar-refractivity contribution in [2.75, 3.05) is 0 Å². The number of rotatable bonds is 4. The first-order chi connectivity index (χ1) is 11.8. The van der Waals surface area contributed by atoms with Crippen molar-refractivity contribution in [2.24, 2.45) is 0 Å². The first kappa shape index (κ1) is 17.6. The Hall–Kier alpha value is -2.21. The fourth-order valence-corrected chi connectivity index (χ4v) is 3.02. The molecule has 1 amide bonds. The summed E-state index contributed by atoms with van der Waals surface area (Å²) < 4.78 is 41.4. The molecule has 0 heterocycles. The molecule has 1 fully saturated rings. The summed E-state index contributed by atoms with van der Waals surface area (Å²) in [5, 5.41) is 3.43. The van der Waals surface area contributed by atoms with E-state index in [1.807, 2.05) is 12.1 Å². The molecule has 2 atom stereocenters. The number of hydrogen-bond acceptors (Lipinski definition) is 2. The molecule has 3 rings (SSSR count). The predicted molar refractivity (Wildman–Crippen MR) is 87.8 cm³/mol. The van der Waals surface area contributed by atoms with Crippen molar-refractivity contribution in [2.45, 2.75) is 31.2 Å². The van der Waals surface area contributed by atoms with Crippen LogP contribution in [0.4, 0.5) is 13.2 Å². The number of benzene rings is 2. The van der Waals surface area contributed by atoms with Gasteiger partial charge in [-0.15, -0.1) is 13.2 Å². The Morgan fingerprint density at radius 3 is 2.36 bits per heavy atom. The van der Waals surface area contributed by atoms with Crippen molar-refractivity contribution >= 4 is 17.5 Å². The molecule has 1 saturated carbocycles. The normalized spacial score (nSPS) is 19.8. The Kier molecular flexibility index (Phi) is 4.90. The van der Waals surface area contributed by atoms with E-state index in [1.54, 1.807) is 12.1 Å². The average molecular weight is 370 g/mol. The average Bonchev–Trinajstić information content (AvgIpc) is 2.52. The van der Waals surface area contributed by atoms with Crippen LogP contribution in [0.5, 0.6) is 5.75 Å². The van der Waals surface area contributed by atoms with E-state index in [0.29, 0.717) is 5.02 Å². The van der Waals surface area contributed by atoms with Gasteiger partial charge in [0.2, 0.25) is 0 Å². The zero-order valence-corrected chi connectivity index (χ0v) is 13.8. The molecule has 1 aliphatic carbocycles.